The van der Waals surface area contributed by atoms with Gasteiger partial charge in [0.2, 0.25) is 5.65 Å². The van der Waals surface area contributed by atoms with Crippen LogP contribution in [-0.2, 0) is 0 Å². The van der Waals surface area contributed by atoms with Gasteiger partial charge in [-0.05, 0) is 26.0 Å². The van der Waals surface area contributed by atoms with E-state index in [9.17, 15) is 9.18 Å². The first-order chi connectivity index (χ1) is 13.9. The number of rotatable bonds is 4. The lowest BCUT2D eigenvalue weighted by Gasteiger charge is -2.14. The van der Waals surface area contributed by atoms with Gasteiger partial charge in [0.05, 0.1) is 23.5 Å². The number of nitrogens with zero attached hydrogens (tertiary/aromatic N) is 7. The fourth-order valence-corrected chi connectivity index (χ4v) is 2.93. The van der Waals surface area contributed by atoms with Crippen LogP contribution in [0, 0.1) is 5.82 Å². The van der Waals surface area contributed by atoms with Gasteiger partial charge in [-0.25, -0.2) is 29.3 Å². The summed E-state index contributed by atoms with van der Waals surface area (Å²) in [4.78, 5) is 23.7. The minimum absolute atomic E-state index is 0.305. The molecule has 0 aliphatic carbocycles. The third-order valence-electron chi connectivity index (χ3n) is 4.43. The number of nitrogens with one attached hydrogen (secondary N) is 1. The van der Waals surface area contributed by atoms with Crippen molar-refractivity contribution in [2.75, 3.05) is 0 Å². The second kappa shape index (κ2) is 7.19. The number of carbonyl (C=O) groups excluding carboxylic acids is 1. The van der Waals surface area contributed by atoms with E-state index in [1.807, 2.05) is 6.07 Å². The van der Waals surface area contributed by atoms with Crippen molar-refractivity contribution in [1.82, 2.24) is 35.4 Å². The summed E-state index contributed by atoms with van der Waals surface area (Å²) in [7, 11) is 0. The quantitative estimate of drug-likeness (QED) is 0.401. The summed E-state index contributed by atoms with van der Waals surface area (Å²) in [5.74, 6) is -0.403. The Morgan fingerprint density at radius 2 is 2.17 bits per heavy atom. The van der Waals surface area contributed by atoms with Crippen LogP contribution >= 0.6 is 0 Å². The maximum atomic E-state index is 14.7. The molecule has 10 nitrogen and oxygen atoms in total. The number of urea groups is 1. The van der Waals surface area contributed by atoms with Gasteiger partial charge in [0, 0.05) is 23.2 Å². The van der Waals surface area contributed by atoms with Crippen molar-refractivity contribution < 1.29 is 9.18 Å². The number of fused-ring (bicyclic) bond motifs is 2. The smallest absolute Gasteiger partial charge is 0.332 e. The molecule has 0 aliphatic heterocycles. The van der Waals surface area contributed by atoms with Crippen molar-refractivity contribution in [3.05, 3.63) is 53.7 Å². The zero-order chi connectivity index (χ0) is 20.5. The fourth-order valence-electron chi connectivity index (χ4n) is 2.93. The van der Waals surface area contributed by atoms with Crippen LogP contribution in [0.4, 0.5) is 9.18 Å². The van der Waals surface area contributed by atoms with Crippen molar-refractivity contribution in [2.45, 2.75) is 19.9 Å². The van der Waals surface area contributed by atoms with Gasteiger partial charge in [-0.3, -0.25) is 4.98 Å². The summed E-state index contributed by atoms with van der Waals surface area (Å²) in [6.45, 7) is 3.43. The largest absolute Gasteiger partial charge is 0.350 e. The molecule has 3 aromatic heterocycles. The minimum atomic E-state index is -0.792. The molecule has 3 heterocycles. The minimum Gasteiger partial charge on any atom is -0.350 e. The monoisotopic (exact) mass is 393 g/mol. The Balaban J connectivity index is 1.77. The number of pyridine rings is 1. The molecule has 0 aliphatic rings. The van der Waals surface area contributed by atoms with E-state index in [-0.39, 0.29) is 0 Å². The van der Waals surface area contributed by atoms with E-state index in [2.05, 4.69) is 35.8 Å². The van der Waals surface area contributed by atoms with E-state index in [1.165, 1.54) is 16.9 Å². The van der Waals surface area contributed by atoms with Gasteiger partial charge in [-0.2, -0.15) is 5.10 Å². The fraction of sp³-hybridized carbons (Fsp3) is 0.167. The normalized spacial score (nSPS) is 13.0. The van der Waals surface area contributed by atoms with Crippen molar-refractivity contribution in [3.8, 4) is 0 Å². The van der Waals surface area contributed by atoms with Crippen LogP contribution in [-0.4, -0.2) is 41.7 Å². The molecule has 0 bridgehead atoms. The topological polar surface area (TPSA) is 137 Å². The number of nitrogens with two attached hydrogens (primary N) is 1. The standard InChI is InChI=1S/C18H16FN9O/c1-9(24-26-18(20)29)15-8-22-16-17(23-15)28(27-25-16)10(2)12-6-11-4-3-5-21-14(11)7-13(12)19/h3-8,10H,1-2H3,(H3,20,26,29)/b24-9-. The van der Waals surface area contributed by atoms with E-state index < -0.39 is 17.9 Å². The first kappa shape index (κ1) is 18.3. The second-order valence-electron chi connectivity index (χ2n) is 6.36. The molecule has 0 spiro atoms. The van der Waals surface area contributed by atoms with Crippen LogP contribution in [0.2, 0.25) is 0 Å². The SMILES string of the molecule is C/C(=N/NC(N)=O)c1cnc2nnn(C(C)c3cc4cccnc4cc3F)c2n1. The molecule has 0 fully saturated rings. The Morgan fingerprint density at radius 3 is 2.97 bits per heavy atom. The van der Waals surface area contributed by atoms with Gasteiger partial charge in [0.1, 0.15) is 11.5 Å². The first-order valence-corrected chi connectivity index (χ1v) is 8.66. The first-order valence-electron chi connectivity index (χ1n) is 8.66. The number of carbonyl (C=O) groups is 1. The third-order valence-corrected chi connectivity index (χ3v) is 4.43. The molecule has 3 N–H and O–H groups in total. The number of amides is 2. The Bertz CT molecular complexity index is 1270. The second-order valence-corrected chi connectivity index (χ2v) is 6.36. The van der Waals surface area contributed by atoms with E-state index in [0.717, 1.165) is 5.39 Å². The lowest BCUT2D eigenvalue weighted by Crippen LogP contribution is -2.25. The van der Waals surface area contributed by atoms with Crippen molar-refractivity contribution in [1.29, 1.82) is 0 Å². The molecule has 4 aromatic rings. The van der Waals surface area contributed by atoms with E-state index >= 15 is 0 Å². The van der Waals surface area contributed by atoms with Gasteiger partial charge >= 0.3 is 6.03 Å². The van der Waals surface area contributed by atoms with E-state index in [0.29, 0.717) is 33.8 Å². The summed E-state index contributed by atoms with van der Waals surface area (Å²) in [6, 6.07) is 5.48. The summed E-state index contributed by atoms with van der Waals surface area (Å²) < 4.78 is 16.2. The van der Waals surface area contributed by atoms with Gasteiger partial charge < -0.3 is 5.73 Å². The number of primary amides is 1. The predicted molar refractivity (Wildman–Crippen MR) is 104 cm³/mol. The molecular weight excluding hydrogens is 377 g/mol. The summed E-state index contributed by atoms with van der Waals surface area (Å²) in [5.41, 5.74) is 9.59. The van der Waals surface area contributed by atoms with Crippen LogP contribution in [0.5, 0.6) is 0 Å². The molecule has 4 rings (SSSR count). The molecule has 11 heteroatoms. The molecule has 0 saturated carbocycles. The average Bonchev–Trinajstić information content (AvgIpc) is 3.14. The maximum absolute atomic E-state index is 14.7. The highest BCUT2D eigenvalue weighted by atomic mass is 19.1. The lowest BCUT2D eigenvalue weighted by atomic mass is 10.0. The van der Waals surface area contributed by atoms with Crippen LogP contribution in [0.3, 0.4) is 0 Å². The maximum Gasteiger partial charge on any atom is 0.332 e. The summed E-state index contributed by atoms with van der Waals surface area (Å²) in [5, 5.41) is 12.8. The van der Waals surface area contributed by atoms with Crippen molar-refractivity contribution in [3.63, 3.8) is 0 Å². The van der Waals surface area contributed by atoms with Crippen molar-refractivity contribution >= 4 is 33.9 Å². The van der Waals surface area contributed by atoms with E-state index in [1.54, 1.807) is 32.2 Å². The molecule has 0 saturated heterocycles. The van der Waals surface area contributed by atoms with Gasteiger partial charge in [0.15, 0.2) is 5.65 Å². The Hall–Kier alpha value is -4.02. The lowest BCUT2D eigenvalue weighted by molar-refractivity contribution is 0.249. The zero-order valence-corrected chi connectivity index (χ0v) is 15.5. The zero-order valence-electron chi connectivity index (χ0n) is 15.5. The van der Waals surface area contributed by atoms with Gasteiger partial charge in [-0.1, -0.05) is 11.3 Å². The molecule has 1 atom stereocenters. The molecule has 1 aromatic carbocycles. The Morgan fingerprint density at radius 1 is 1.34 bits per heavy atom. The van der Waals surface area contributed by atoms with Crippen LogP contribution in [0.1, 0.15) is 31.1 Å². The highest BCUT2D eigenvalue weighted by molar-refractivity contribution is 5.98. The Labute approximate surface area is 163 Å². The molecule has 2 amide bonds. The molecule has 0 radical (unpaired) electrons. The molecule has 29 heavy (non-hydrogen) atoms. The van der Waals surface area contributed by atoms with Crippen LogP contribution in [0.25, 0.3) is 22.2 Å². The third kappa shape index (κ3) is 3.45. The number of halogens is 1. The highest BCUT2D eigenvalue weighted by Gasteiger charge is 2.20. The number of hydrogen-bond donors (Lipinski definition) is 2. The Kier molecular flexibility index (Phi) is 4.55. The number of hydrogen-bond acceptors (Lipinski definition) is 7. The van der Waals surface area contributed by atoms with E-state index in [4.69, 9.17) is 5.73 Å². The summed E-state index contributed by atoms with van der Waals surface area (Å²) >= 11 is 0. The number of hydrazone groups is 1. The highest BCUT2D eigenvalue weighted by Crippen LogP contribution is 2.26. The summed E-state index contributed by atoms with van der Waals surface area (Å²) in [6.07, 6.45) is 3.07. The van der Waals surface area contributed by atoms with Gasteiger partial charge in [-0.15, -0.1) is 5.10 Å². The molecule has 1 unspecified atom stereocenters. The van der Waals surface area contributed by atoms with Gasteiger partial charge in [0.25, 0.3) is 0 Å². The predicted octanol–water partition coefficient (Wildman–Crippen LogP) is 1.91. The average molecular weight is 393 g/mol. The van der Waals surface area contributed by atoms with Crippen molar-refractivity contribution in [2.24, 2.45) is 10.8 Å². The molecule has 146 valence electrons. The number of aromatic nitrogens is 6. The molecular formula is C18H16FN9O. The van der Waals surface area contributed by atoms with Crippen LogP contribution in [0.15, 0.2) is 41.8 Å². The number of benzene rings is 1. The van der Waals surface area contributed by atoms with Crippen LogP contribution < -0.4 is 11.2 Å².